The molecule has 0 aromatic rings. The second kappa shape index (κ2) is 9.18. The number of hydrogen-bond acceptors (Lipinski definition) is 1. The van der Waals surface area contributed by atoms with Gasteiger partial charge in [0.05, 0.1) is 5.60 Å². The molecule has 0 aromatic carbocycles. The lowest BCUT2D eigenvalue weighted by atomic mass is 9.62. The minimum Gasteiger partial charge on any atom is -0.390 e. The van der Waals surface area contributed by atoms with Gasteiger partial charge in [0.2, 0.25) is 0 Å². The SMILES string of the molecule is CCCCCCCCCCC1(O)CCCCC1C(C)(C)C. The van der Waals surface area contributed by atoms with Gasteiger partial charge in [-0.1, -0.05) is 91.9 Å². The fraction of sp³-hybridized carbons (Fsp3) is 1.00. The maximum Gasteiger partial charge on any atom is 0.0680 e. The van der Waals surface area contributed by atoms with E-state index in [2.05, 4.69) is 27.7 Å². The van der Waals surface area contributed by atoms with E-state index in [1.165, 1.54) is 70.6 Å². The first kappa shape index (κ1) is 19.0. The molecule has 126 valence electrons. The molecule has 0 saturated heterocycles. The van der Waals surface area contributed by atoms with E-state index in [-0.39, 0.29) is 11.0 Å². The van der Waals surface area contributed by atoms with E-state index in [0.717, 1.165) is 12.8 Å². The zero-order chi connectivity index (χ0) is 15.8. The Bertz CT molecular complexity index is 266. The summed E-state index contributed by atoms with van der Waals surface area (Å²) in [5, 5.41) is 11.1. The van der Waals surface area contributed by atoms with Crippen molar-refractivity contribution in [2.45, 2.75) is 117 Å². The standard InChI is InChI=1S/C20H40O/c1-5-6-7-8-9-10-11-13-16-20(21)17-14-12-15-18(20)19(2,3)4/h18,21H,5-17H2,1-4H3. The average molecular weight is 297 g/mol. The van der Waals surface area contributed by atoms with Crippen LogP contribution in [0, 0.1) is 11.3 Å². The largest absolute Gasteiger partial charge is 0.390 e. The van der Waals surface area contributed by atoms with E-state index in [4.69, 9.17) is 0 Å². The maximum atomic E-state index is 11.1. The monoisotopic (exact) mass is 296 g/mol. The molecule has 1 saturated carbocycles. The molecule has 0 aliphatic heterocycles. The highest BCUT2D eigenvalue weighted by atomic mass is 16.3. The van der Waals surface area contributed by atoms with E-state index in [0.29, 0.717) is 5.92 Å². The van der Waals surface area contributed by atoms with Gasteiger partial charge < -0.3 is 5.11 Å². The van der Waals surface area contributed by atoms with Gasteiger partial charge in [-0.3, -0.25) is 0 Å². The summed E-state index contributed by atoms with van der Waals surface area (Å²) in [6.07, 6.45) is 16.6. The van der Waals surface area contributed by atoms with Crippen LogP contribution >= 0.6 is 0 Å². The molecule has 0 bridgehead atoms. The summed E-state index contributed by atoms with van der Waals surface area (Å²) in [5.41, 5.74) is -0.131. The molecule has 0 radical (unpaired) electrons. The van der Waals surface area contributed by atoms with Crippen LogP contribution in [0.15, 0.2) is 0 Å². The quantitative estimate of drug-likeness (QED) is 0.482. The second-order valence-corrected chi connectivity index (χ2v) is 8.49. The lowest BCUT2D eigenvalue weighted by Gasteiger charge is -2.47. The van der Waals surface area contributed by atoms with E-state index < -0.39 is 0 Å². The Kier molecular flexibility index (Phi) is 8.31. The Morgan fingerprint density at radius 2 is 1.48 bits per heavy atom. The van der Waals surface area contributed by atoms with Crippen LogP contribution in [0.1, 0.15) is 111 Å². The van der Waals surface area contributed by atoms with Gasteiger partial charge in [-0.2, -0.15) is 0 Å². The second-order valence-electron chi connectivity index (χ2n) is 8.49. The summed E-state index contributed by atoms with van der Waals surface area (Å²) in [6, 6.07) is 0. The van der Waals surface area contributed by atoms with Crippen molar-refractivity contribution in [3.8, 4) is 0 Å². The molecule has 1 aliphatic rings. The topological polar surface area (TPSA) is 20.2 Å². The highest BCUT2D eigenvalue weighted by Crippen LogP contribution is 2.46. The fourth-order valence-corrected chi connectivity index (χ4v) is 4.33. The normalized spacial score (nSPS) is 27.0. The first-order valence-corrected chi connectivity index (χ1v) is 9.62. The van der Waals surface area contributed by atoms with Crippen molar-refractivity contribution in [3.63, 3.8) is 0 Å². The predicted octanol–water partition coefficient (Wildman–Crippen LogP) is 6.48. The van der Waals surface area contributed by atoms with E-state index in [1.807, 2.05) is 0 Å². The van der Waals surface area contributed by atoms with Gasteiger partial charge in [0.25, 0.3) is 0 Å². The van der Waals surface area contributed by atoms with Crippen molar-refractivity contribution in [2.75, 3.05) is 0 Å². The van der Waals surface area contributed by atoms with Gasteiger partial charge in [0, 0.05) is 0 Å². The number of aliphatic hydroxyl groups is 1. The van der Waals surface area contributed by atoms with Crippen LogP contribution in [0.3, 0.4) is 0 Å². The number of hydrogen-bond donors (Lipinski definition) is 1. The van der Waals surface area contributed by atoms with E-state index >= 15 is 0 Å². The summed E-state index contributed by atoms with van der Waals surface area (Å²) in [6.45, 7) is 9.20. The Morgan fingerprint density at radius 1 is 0.905 bits per heavy atom. The van der Waals surface area contributed by atoms with Crippen LogP contribution in [0.2, 0.25) is 0 Å². The molecule has 0 aromatic heterocycles. The van der Waals surface area contributed by atoms with Crippen LogP contribution in [0.5, 0.6) is 0 Å². The Morgan fingerprint density at radius 3 is 2.05 bits per heavy atom. The zero-order valence-electron chi connectivity index (χ0n) is 15.2. The van der Waals surface area contributed by atoms with E-state index in [1.54, 1.807) is 0 Å². The molecule has 1 aliphatic carbocycles. The van der Waals surface area contributed by atoms with Crippen molar-refractivity contribution >= 4 is 0 Å². The van der Waals surface area contributed by atoms with Crippen LogP contribution in [0.25, 0.3) is 0 Å². The highest BCUT2D eigenvalue weighted by Gasteiger charge is 2.43. The minimum absolute atomic E-state index is 0.245. The molecule has 0 amide bonds. The van der Waals surface area contributed by atoms with Crippen molar-refractivity contribution in [1.82, 2.24) is 0 Å². The predicted molar refractivity (Wildman–Crippen MR) is 93.6 cm³/mol. The molecule has 0 spiro atoms. The summed E-state index contributed by atoms with van der Waals surface area (Å²) in [4.78, 5) is 0. The minimum atomic E-state index is -0.376. The third kappa shape index (κ3) is 6.72. The van der Waals surface area contributed by atoms with Crippen molar-refractivity contribution < 1.29 is 5.11 Å². The van der Waals surface area contributed by atoms with Crippen LogP contribution in [-0.4, -0.2) is 10.7 Å². The highest BCUT2D eigenvalue weighted by molar-refractivity contribution is 4.95. The summed E-state index contributed by atoms with van der Waals surface area (Å²) in [5.74, 6) is 0.489. The Labute approximate surface area is 133 Å². The molecule has 1 N–H and O–H groups in total. The third-order valence-corrected chi connectivity index (χ3v) is 5.51. The molecule has 0 heterocycles. The fourth-order valence-electron chi connectivity index (χ4n) is 4.33. The average Bonchev–Trinajstić information content (AvgIpc) is 2.41. The van der Waals surface area contributed by atoms with Gasteiger partial charge in [0.1, 0.15) is 0 Å². The molecule has 1 heteroatoms. The smallest absolute Gasteiger partial charge is 0.0680 e. The van der Waals surface area contributed by atoms with Gasteiger partial charge in [0.15, 0.2) is 0 Å². The molecule has 2 atom stereocenters. The molecule has 1 rings (SSSR count). The van der Waals surface area contributed by atoms with Crippen LogP contribution in [-0.2, 0) is 0 Å². The zero-order valence-corrected chi connectivity index (χ0v) is 15.2. The number of unbranched alkanes of at least 4 members (excludes halogenated alkanes) is 7. The molecule has 1 fully saturated rings. The third-order valence-electron chi connectivity index (χ3n) is 5.51. The van der Waals surface area contributed by atoms with Gasteiger partial charge in [-0.05, 0) is 30.6 Å². The van der Waals surface area contributed by atoms with Crippen molar-refractivity contribution in [2.24, 2.45) is 11.3 Å². The van der Waals surface area contributed by atoms with Crippen LogP contribution < -0.4 is 0 Å². The summed E-state index contributed by atoms with van der Waals surface area (Å²) in [7, 11) is 0. The van der Waals surface area contributed by atoms with Gasteiger partial charge in [-0.15, -0.1) is 0 Å². The first-order valence-electron chi connectivity index (χ1n) is 9.62. The molecular weight excluding hydrogens is 256 g/mol. The Balaban J connectivity index is 2.25. The lowest BCUT2D eigenvalue weighted by molar-refractivity contribution is -0.0961. The van der Waals surface area contributed by atoms with Crippen LogP contribution in [0.4, 0.5) is 0 Å². The lowest BCUT2D eigenvalue weighted by Crippen LogP contribution is -2.46. The van der Waals surface area contributed by atoms with Gasteiger partial charge >= 0.3 is 0 Å². The molecule has 2 unspecified atom stereocenters. The van der Waals surface area contributed by atoms with Crippen molar-refractivity contribution in [3.05, 3.63) is 0 Å². The summed E-state index contributed by atoms with van der Waals surface area (Å²) < 4.78 is 0. The first-order chi connectivity index (χ1) is 9.90. The van der Waals surface area contributed by atoms with Gasteiger partial charge in [-0.25, -0.2) is 0 Å². The number of rotatable bonds is 9. The molecular formula is C20H40O. The molecule has 1 nitrogen and oxygen atoms in total. The van der Waals surface area contributed by atoms with E-state index in [9.17, 15) is 5.11 Å². The summed E-state index contributed by atoms with van der Waals surface area (Å²) >= 11 is 0. The maximum absolute atomic E-state index is 11.1. The van der Waals surface area contributed by atoms with Crippen molar-refractivity contribution in [1.29, 1.82) is 0 Å². The molecule has 21 heavy (non-hydrogen) atoms. The Hall–Kier alpha value is -0.0400.